The number of nitrogens with zero attached hydrogens (tertiary/aromatic N) is 1. The van der Waals surface area contributed by atoms with Crippen LogP contribution in [0.4, 0.5) is 0 Å². The summed E-state index contributed by atoms with van der Waals surface area (Å²) in [5, 5.41) is 8.74. The first-order valence-corrected chi connectivity index (χ1v) is 5.50. The Morgan fingerprint density at radius 2 is 1.50 bits per heavy atom. The molecule has 0 aromatic heterocycles. The third-order valence-corrected chi connectivity index (χ3v) is 2.52. The molecule has 2 aromatic rings. The molecule has 0 aliphatic carbocycles. The Kier molecular flexibility index (Phi) is 3.64. The van der Waals surface area contributed by atoms with Crippen molar-refractivity contribution in [2.24, 2.45) is 0 Å². The fourth-order valence-corrected chi connectivity index (χ4v) is 1.61. The fourth-order valence-electron chi connectivity index (χ4n) is 1.61. The predicted molar refractivity (Wildman–Crippen MR) is 70.9 cm³/mol. The van der Waals surface area contributed by atoms with Crippen molar-refractivity contribution >= 4 is 0 Å². The summed E-state index contributed by atoms with van der Waals surface area (Å²) in [6.07, 6.45) is 5.12. The van der Waals surface area contributed by atoms with Crippen LogP contribution < -0.4 is 4.74 Å². The molecule has 0 atom stereocenters. The van der Waals surface area contributed by atoms with Crippen LogP contribution in [-0.4, -0.2) is 6.61 Å². The molecule has 18 heavy (non-hydrogen) atoms. The minimum Gasteiger partial charge on any atom is -0.481 e. The van der Waals surface area contributed by atoms with Gasteiger partial charge in [0.2, 0.25) is 0 Å². The van der Waals surface area contributed by atoms with Gasteiger partial charge < -0.3 is 4.74 Å². The Labute approximate surface area is 106 Å². The van der Waals surface area contributed by atoms with Crippen molar-refractivity contribution in [1.29, 1.82) is 5.26 Å². The molecule has 2 heteroatoms. The van der Waals surface area contributed by atoms with Crippen LogP contribution >= 0.6 is 0 Å². The zero-order valence-electron chi connectivity index (χ0n) is 9.76. The van der Waals surface area contributed by atoms with E-state index in [4.69, 9.17) is 16.4 Å². The van der Waals surface area contributed by atoms with Crippen molar-refractivity contribution in [2.45, 2.75) is 0 Å². The second-order valence-corrected chi connectivity index (χ2v) is 3.71. The monoisotopic (exact) mass is 233 g/mol. The van der Waals surface area contributed by atoms with Crippen LogP contribution in [0.5, 0.6) is 5.75 Å². The minimum absolute atomic E-state index is 0.274. The molecule has 0 fully saturated rings. The van der Waals surface area contributed by atoms with Crippen LogP contribution in [0.25, 0.3) is 11.1 Å². The lowest BCUT2D eigenvalue weighted by Gasteiger charge is -2.05. The first kappa shape index (κ1) is 11.8. The van der Waals surface area contributed by atoms with Crippen LogP contribution in [0.15, 0.2) is 48.5 Å². The van der Waals surface area contributed by atoms with E-state index >= 15 is 0 Å². The molecule has 0 saturated heterocycles. The molecule has 0 saturated carbocycles. The number of nitriles is 1. The zero-order chi connectivity index (χ0) is 12.8. The van der Waals surface area contributed by atoms with Crippen molar-refractivity contribution < 1.29 is 4.74 Å². The number of rotatable bonds is 3. The van der Waals surface area contributed by atoms with Gasteiger partial charge in [0, 0.05) is 0 Å². The smallest absolute Gasteiger partial charge is 0.148 e. The SMILES string of the molecule is C#CCOc1ccc(-c2ccc(C#N)cc2)cc1. The van der Waals surface area contributed by atoms with Gasteiger partial charge in [-0.15, -0.1) is 6.42 Å². The molecule has 0 N–H and O–H groups in total. The van der Waals surface area contributed by atoms with E-state index in [-0.39, 0.29) is 6.61 Å². The van der Waals surface area contributed by atoms with E-state index in [2.05, 4.69) is 12.0 Å². The van der Waals surface area contributed by atoms with Gasteiger partial charge >= 0.3 is 0 Å². The van der Waals surface area contributed by atoms with Crippen molar-refractivity contribution in [3.05, 3.63) is 54.1 Å². The van der Waals surface area contributed by atoms with E-state index in [0.29, 0.717) is 5.56 Å². The summed E-state index contributed by atoms with van der Waals surface area (Å²) < 4.78 is 5.30. The van der Waals surface area contributed by atoms with Crippen molar-refractivity contribution in [1.82, 2.24) is 0 Å². The van der Waals surface area contributed by atoms with E-state index in [9.17, 15) is 0 Å². The lowest BCUT2D eigenvalue weighted by atomic mass is 10.0. The molecule has 0 bridgehead atoms. The molecule has 0 radical (unpaired) electrons. The van der Waals surface area contributed by atoms with Gasteiger partial charge in [0.15, 0.2) is 0 Å². The van der Waals surface area contributed by atoms with Gasteiger partial charge in [-0.2, -0.15) is 5.26 Å². The minimum atomic E-state index is 0.274. The molecular formula is C16H11NO. The molecule has 2 rings (SSSR count). The van der Waals surface area contributed by atoms with E-state index in [0.717, 1.165) is 16.9 Å². The third-order valence-electron chi connectivity index (χ3n) is 2.52. The predicted octanol–water partition coefficient (Wildman–Crippen LogP) is 3.24. The quantitative estimate of drug-likeness (QED) is 0.762. The topological polar surface area (TPSA) is 33.0 Å². The Hall–Kier alpha value is -2.71. The Morgan fingerprint density at radius 1 is 0.944 bits per heavy atom. The average Bonchev–Trinajstić information content (AvgIpc) is 2.46. The van der Waals surface area contributed by atoms with E-state index < -0.39 is 0 Å². The number of hydrogen-bond acceptors (Lipinski definition) is 2. The van der Waals surface area contributed by atoms with E-state index in [1.54, 1.807) is 12.1 Å². The molecule has 2 nitrogen and oxygen atoms in total. The van der Waals surface area contributed by atoms with E-state index in [1.807, 2.05) is 36.4 Å². The number of ether oxygens (including phenoxy) is 1. The number of benzene rings is 2. The molecular weight excluding hydrogens is 222 g/mol. The summed E-state index contributed by atoms with van der Waals surface area (Å²) in [5.41, 5.74) is 2.80. The lowest BCUT2D eigenvalue weighted by Crippen LogP contribution is -1.92. The van der Waals surface area contributed by atoms with E-state index in [1.165, 1.54) is 0 Å². The van der Waals surface area contributed by atoms with Gasteiger partial charge in [-0.05, 0) is 35.4 Å². The number of terminal acetylenes is 1. The molecule has 0 aliphatic heterocycles. The normalized spacial score (nSPS) is 9.22. The molecule has 2 aromatic carbocycles. The van der Waals surface area contributed by atoms with Crippen LogP contribution in [0.1, 0.15) is 5.56 Å². The number of hydrogen-bond donors (Lipinski definition) is 0. The largest absolute Gasteiger partial charge is 0.481 e. The summed E-state index contributed by atoms with van der Waals surface area (Å²) in [6.45, 7) is 0.274. The van der Waals surface area contributed by atoms with Gasteiger partial charge in [0.25, 0.3) is 0 Å². The van der Waals surface area contributed by atoms with Crippen LogP contribution in [-0.2, 0) is 0 Å². The third kappa shape index (κ3) is 2.70. The molecule has 0 unspecified atom stereocenters. The molecule has 0 aliphatic rings. The highest BCUT2D eigenvalue weighted by Crippen LogP contribution is 2.22. The van der Waals surface area contributed by atoms with Gasteiger partial charge in [0.05, 0.1) is 11.6 Å². The van der Waals surface area contributed by atoms with Crippen molar-refractivity contribution in [2.75, 3.05) is 6.61 Å². The van der Waals surface area contributed by atoms with Crippen LogP contribution in [0, 0.1) is 23.7 Å². The average molecular weight is 233 g/mol. The lowest BCUT2D eigenvalue weighted by molar-refractivity contribution is 0.370. The van der Waals surface area contributed by atoms with Gasteiger partial charge in [0.1, 0.15) is 12.4 Å². The van der Waals surface area contributed by atoms with Gasteiger partial charge in [-0.1, -0.05) is 30.2 Å². The maximum absolute atomic E-state index is 8.74. The summed E-state index contributed by atoms with van der Waals surface area (Å²) in [5.74, 6) is 3.18. The highest BCUT2D eigenvalue weighted by Gasteiger charge is 1.99. The summed E-state index contributed by atoms with van der Waals surface area (Å²) in [7, 11) is 0. The maximum Gasteiger partial charge on any atom is 0.148 e. The highest BCUT2D eigenvalue weighted by atomic mass is 16.5. The summed E-state index contributed by atoms with van der Waals surface area (Å²) >= 11 is 0. The summed E-state index contributed by atoms with van der Waals surface area (Å²) in [6, 6.07) is 17.3. The molecule has 86 valence electrons. The Morgan fingerprint density at radius 3 is 2.00 bits per heavy atom. The zero-order valence-corrected chi connectivity index (χ0v) is 9.76. The molecule has 0 amide bonds. The first-order chi connectivity index (χ1) is 8.83. The standard InChI is InChI=1S/C16H11NO/c1-2-11-18-16-9-7-15(8-10-16)14-5-3-13(12-17)4-6-14/h1,3-10H,11H2. The maximum atomic E-state index is 8.74. The Balaban J connectivity index is 2.18. The van der Waals surface area contributed by atoms with Crippen molar-refractivity contribution in [3.63, 3.8) is 0 Å². The van der Waals surface area contributed by atoms with Crippen LogP contribution in [0.2, 0.25) is 0 Å². The highest BCUT2D eigenvalue weighted by molar-refractivity contribution is 5.64. The molecule has 0 heterocycles. The molecule has 0 spiro atoms. The summed E-state index contributed by atoms with van der Waals surface area (Å²) in [4.78, 5) is 0. The second kappa shape index (κ2) is 5.57. The fraction of sp³-hybridized carbons (Fsp3) is 0.0625. The van der Waals surface area contributed by atoms with Gasteiger partial charge in [-0.25, -0.2) is 0 Å². The van der Waals surface area contributed by atoms with Crippen LogP contribution in [0.3, 0.4) is 0 Å². The van der Waals surface area contributed by atoms with Crippen molar-refractivity contribution in [3.8, 4) is 35.3 Å². The second-order valence-electron chi connectivity index (χ2n) is 3.71. The van der Waals surface area contributed by atoms with Gasteiger partial charge in [-0.3, -0.25) is 0 Å². The Bertz CT molecular complexity index is 598. The first-order valence-electron chi connectivity index (χ1n) is 5.50.